The molecule has 18 heavy (non-hydrogen) atoms. The first kappa shape index (κ1) is 15.2. The van der Waals surface area contributed by atoms with Crippen LogP contribution in [0, 0.1) is 0 Å². The quantitative estimate of drug-likeness (QED) is 0.715. The fourth-order valence-corrected chi connectivity index (χ4v) is 2.39. The zero-order chi connectivity index (χ0) is 13.8. The Morgan fingerprint density at radius 2 is 2.00 bits per heavy atom. The van der Waals surface area contributed by atoms with E-state index in [0.29, 0.717) is 36.7 Å². The molecule has 0 unspecified atom stereocenters. The highest BCUT2D eigenvalue weighted by molar-refractivity contribution is 6.34. The van der Waals surface area contributed by atoms with E-state index >= 15 is 0 Å². The van der Waals surface area contributed by atoms with Crippen LogP contribution in [0.3, 0.4) is 0 Å². The number of carbonyl (C=O) groups is 1. The number of carbonyl (C=O) groups excluding carboxylic acids is 1. The lowest BCUT2D eigenvalue weighted by molar-refractivity contribution is -0.0257. The van der Waals surface area contributed by atoms with Crippen LogP contribution in [-0.2, 0) is 11.3 Å². The highest BCUT2D eigenvalue weighted by atomic mass is 35.5. The molecule has 0 N–H and O–H groups in total. The van der Waals surface area contributed by atoms with Crippen molar-refractivity contribution in [3.63, 3.8) is 0 Å². The second-order valence-electron chi connectivity index (χ2n) is 4.12. The van der Waals surface area contributed by atoms with Crippen molar-refractivity contribution in [2.45, 2.75) is 52.7 Å². The normalized spacial score (nSPS) is 11.8. The number of aryl methyl sites for hydroxylation is 1. The van der Waals surface area contributed by atoms with Gasteiger partial charge in [0.1, 0.15) is 11.3 Å². The first-order valence-corrected chi connectivity index (χ1v) is 6.84. The van der Waals surface area contributed by atoms with Crippen molar-refractivity contribution in [2.24, 2.45) is 0 Å². The van der Waals surface area contributed by atoms with Gasteiger partial charge in [-0.1, -0.05) is 25.4 Å². The van der Waals surface area contributed by atoms with Crippen molar-refractivity contribution >= 4 is 17.4 Å². The van der Waals surface area contributed by atoms with Crippen LogP contribution in [0.5, 0.6) is 0 Å². The van der Waals surface area contributed by atoms with E-state index in [4.69, 9.17) is 16.3 Å². The SMILES string of the molecule is CCOC(CC)(CC)C(=O)c1c(Cl)cnn1CC. The lowest BCUT2D eigenvalue weighted by Crippen LogP contribution is -2.41. The molecule has 0 bridgehead atoms. The maximum Gasteiger partial charge on any atom is 0.214 e. The topological polar surface area (TPSA) is 44.1 Å². The summed E-state index contributed by atoms with van der Waals surface area (Å²) >= 11 is 6.08. The molecule has 5 heteroatoms. The van der Waals surface area contributed by atoms with Crippen molar-refractivity contribution in [1.29, 1.82) is 0 Å². The molecule has 0 spiro atoms. The van der Waals surface area contributed by atoms with Crippen LogP contribution >= 0.6 is 11.6 Å². The second-order valence-corrected chi connectivity index (χ2v) is 4.53. The minimum atomic E-state index is -0.786. The molecule has 1 heterocycles. The van der Waals surface area contributed by atoms with Crippen LogP contribution in [0.15, 0.2) is 6.20 Å². The van der Waals surface area contributed by atoms with Crippen molar-refractivity contribution in [3.8, 4) is 0 Å². The fourth-order valence-electron chi connectivity index (χ4n) is 2.16. The maximum atomic E-state index is 12.7. The third-order valence-electron chi connectivity index (χ3n) is 3.29. The van der Waals surface area contributed by atoms with Crippen LogP contribution in [0.4, 0.5) is 0 Å². The van der Waals surface area contributed by atoms with E-state index in [0.717, 1.165) is 0 Å². The summed E-state index contributed by atoms with van der Waals surface area (Å²) in [7, 11) is 0. The first-order chi connectivity index (χ1) is 8.56. The van der Waals surface area contributed by atoms with Gasteiger partial charge in [0.15, 0.2) is 0 Å². The summed E-state index contributed by atoms with van der Waals surface area (Å²) in [6.45, 7) is 8.86. The van der Waals surface area contributed by atoms with Crippen molar-refractivity contribution in [3.05, 3.63) is 16.9 Å². The summed E-state index contributed by atoms with van der Waals surface area (Å²) in [6, 6.07) is 0. The Balaban J connectivity index is 3.21. The van der Waals surface area contributed by atoms with Gasteiger partial charge in [-0.05, 0) is 26.7 Å². The minimum Gasteiger partial charge on any atom is -0.367 e. The number of hydrogen-bond donors (Lipinski definition) is 0. The fraction of sp³-hybridized carbons (Fsp3) is 0.692. The largest absolute Gasteiger partial charge is 0.367 e. The van der Waals surface area contributed by atoms with Gasteiger partial charge in [0, 0.05) is 13.2 Å². The van der Waals surface area contributed by atoms with Gasteiger partial charge in [-0.2, -0.15) is 5.10 Å². The molecule has 0 aromatic carbocycles. The van der Waals surface area contributed by atoms with E-state index in [-0.39, 0.29) is 5.78 Å². The van der Waals surface area contributed by atoms with Crippen LogP contribution in [0.25, 0.3) is 0 Å². The van der Waals surface area contributed by atoms with Gasteiger partial charge in [0.2, 0.25) is 5.78 Å². The molecule has 0 fully saturated rings. The van der Waals surface area contributed by atoms with Gasteiger partial charge in [-0.25, -0.2) is 0 Å². The number of hydrogen-bond acceptors (Lipinski definition) is 3. The molecule has 0 saturated carbocycles. The first-order valence-electron chi connectivity index (χ1n) is 6.46. The molecule has 1 aromatic rings. The van der Waals surface area contributed by atoms with Crippen LogP contribution < -0.4 is 0 Å². The van der Waals surface area contributed by atoms with Crippen molar-refractivity contribution < 1.29 is 9.53 Å². The Morgan fingerprint density at radius 3 is 2.44 bits per heavy atom. The molecule has 4 nitrogen and oxygen atoms in total. The van der Waals surface area contributed by atoms with Crippen LogP contribution in [0.2, 0.25) is 5.02 Å². The molecule has 0 amide bonds. The predicted octanol–water partition coefficient (Wildman–Crippen LogP) is 3.33. The molecular formula is C13H21ClN2O2. The van der Waals surface area contributed by atoms with E-state index < -0.39 is 5.60 Å². The monoisotopic (exact) mass is 272 g/mol. The lowest BCUT2D eigenvalue weighted by Gasteiger charge is -2.30. The number of aromatic nitrogens is 2. The van der Waals surface area contributed by atoms with Gasteiger partial charge in [0.25, 0.3) is 0 Å². The van der Waals surface area contributed by atoms with Crippen LogP contribution in [0.1, 0.15) is 51.0 Å². The number of nitrogens with zero attached hydrogens (tertiary/aromatic N) is 2. The van der Waals surface area contributed by atoms with Crippen molar-refractivity contribution in [1.82, 2.24) is 9.78 Å². The molecule has 0 saturated heterocycles. The summed E-state index contributed by atoms with van der Waals surface area (Å²) in [5.41, 5.74) is -0.331. The standard InChI is InChI=1S/C13H21ClN2O2/c1-5-13(6-2,18-8-4)12(17)11-10(14)9-15-16(11)7-3/h9H,5-8H2,1-4H3. The van der Waals surface area contributed by atoms with E-state index in [9.17, 15) is 4.79 Å². The van der Waals surface area contributed by atoms with E-state index in [1.807, 2.05) is 27.7 Å². The molecule has 0 aliphatic carbocycles. The van der Waals surface area contributed by atoms with E-state index in [1.54, 1.807) is 4.68 Å². The molecule has 1 aromatic heterocycles. The molecule has 0 aliphatic heterocycles. The van der Waals surface area contributed by atoms with Crippen molar-refractivity contribution in [2.75, 3.05) is 6.61 Å². The number of Topliss-reactive ketones (excluding diaryl/α,β-unsaturated/α-hetero) is 1. The number of rotatable bonds is 7. The van der Waals surface area contributed by atoms with Gasteiger partial charge in [0.05, 0.1) is 11.2 Å². The highest BCUT2D eigenvalue weighted by Crippen LogP contribution is 2.29. The van der Waals surface area contributed by atoms with Gasteiger partial charge >= 0.3 is 0 Å². The average molecular weight is 273 g/mol. The zero-order valence-electron chi connectivity index (χ0n) is 11.5. The maximum absolute atomic E-state index is 12.7. The Hall–Kier alpha value is -0.870. The number of ether oxygens (including phenoxy) is 1. The Labute approximate surface area is 113 Å². The molecule has 1 rings (SSSR count). The second kappa shape index (κ2) is 6.34. The third kappa shape index (κ3) is 2.59. The summed E-state index contributed by atoms with van der Waals surface area (Å²) in [5.74, 6) is -0.0706. The Bertz CT molecular complexity index is 411. The van der Waals surface area contributed by atoms with Gasteiger partial charge in [-0.3, -0.25) is 9.48 Å². The minimum absolute atomic E-state index is 0.0706. The molecule has 0 radical (unpaired) electrons. The van der Waals surface area contributed by atoms with Gasteiger partial charge in [-0.15, -0.1) is 0 Å². The summed E-state index contributed by atoms with van der Waals surface area (Å²) in [4.78, 5) is 12.7. The van der Waals surface area contributed by atoms with E-state index in [1.165, 1.54) is 6.20 Å². The summed E-state index contributed by atoms with van der Waals surface area (Å²) in [6.07, 6.45) is 2.77. The predicted molar refractivity (Wildman–Crippen MR) is 72.2 cm³/mol. The Morgan fingerprint density at radius 1 is 1.39 bits per heavy atom. The molecular weight excluding hydrogens is 252 g/mol. The zero-order valence-corrected chi connectivity index (χ0v) is 12.3. The highest BCUT2D eigenvalue weighted by Gasteiger charge is 2.39. The number of halogens is 1. The molecule has 0 aliphatic rings. The summed E-state index contributed by atoms with van der Waals surface area (Å²) in [5, 5.41) is 4.50. The lowest BCUT2D eigenvalue weighted by atomic mass is 9.89. The van der Waals surface area contributed by atoms with E-state index in [2.05, 4.69) is 5.10 Å². The molecule has 0 atom stereocenters. The van der Waals surface area contributed by atoms with Crippen LogP contribution in [-0.4, -0.2) is 27.8 Å². The summed E-state index contributed by atoms with van der Waals surface area (Å²) < 4.78 is 7.35. The van der Waals surface area contributed by atoms with Gasteiger partial charge < -0.3 is 4.74 Å². The smallest absolute Gasteiger partial charge is 0.214 e. The number of ketones is 1. The average Bonchev–Trinajstić information content (AvgIpc) is 2.76. The Kier molecular flexibility index (Phi) is 5.35. The third-order valence-corrected chi connectivity index (χ3v) is 3.56. The molecule has 102 valence electrons.